The van der Waals surface area contributed by atoms with Crippen LogP contribution in [0.1, 0.15) is 52.9 Å². The molecule has 2 N–H and O–H groups in total. The largest absolute Gasteiger partial charge is 0.462 e. The highest BCUT2D eigenvalue weighted by Crippen LogP contribution is 2.45. The Hall–Kier alpha value is -1.48. The third-order valence-corrected chi connectivity index (χ3v) is 8.41. The van der Waals surface area contributed by atoms with Crippen molar-refractivity contribution >= 4 is 37.1 Å². The maximum atomic E-state index is 12.3. The lowest BCUT2D eigenvalue weighted by molar-refractivity contribution is -0.137. The molecule has 0 radical (unpaired) electrons. The summed E-state index contributed by atoms with van der Waals surface area (Å²) in [6.45, 7) is 17.9. The Morgan fingerprint density at radius 1 is 1.09 bits per heavy atom. The maximum absolute atomic E-state index is 12.3. The van der Waals surface area contributed by atoms with Crippen LogP contribution in [0.2, 0.25) is 25.7 Å². The number of rotatable bonds is 12. The van der Waals surface area contributed by atoms with Gasteiger partial charge in [0.05, 0.1) is 13.2 Å². The van der Waals surface area contributed by atoms with Crippen molar-refractivity contribution in [3.8, 4) is 0 Å². The molecule has 2 amide bonds. The molecule has 2 atom stereocenters. The molecule has 1 aliphatic carbocycles. The van der Waals surface area contributed by atoms with Crippen molar-refractivity contribution in [3.63, 3.8) is 0 Å². The predicted octanol–water partition coefficient (Wildman–Crippen LogP) is 5.59. The molecule has 2 unspecified atom stereocenters. The molecule has 0 aromatic carbocycles. The highest BCUT2D eigenvalue weighted by Gasteiger charge is 2.42. The Morgan fingerprint density at radius 2 is 1.76 bits per heavy atom. The molecule has 1 saturated carbocycles. The van der Waals surface area contributed by atoms with Crippen LogP contribution in [0.5, 0.6) is 0 Å². The average Bonchev–Trinajstić information content (AvgIpc) is 2.67. The van der Waals surface area contributed by atoms with Crippen molar-refractivity contribution in [2.24, 2.45) is 10.8 Å². The Balaban J connectivity index is 2.43. The number of esters is 1. The van der Waals surface area contributed by atoms with Gasteiger partial charge in [-0.15, -0.1) is 0 Å². The summed E-state index contributed by atoms with van der Waals surface area (Å²) in [4.78, 5) is 35.6. The first-order valence-electron chi connectivity index (χ1n) is 11.9. The highest BCUT2D eigenvalue weighted by atomic mass is 32.2. The van der Waals surface area contributed by atoms with E-state index in [0.29, 0.717) is 13.0 Å². The van der Waals surface area contributed by atoms with Crippen LogP contribution in [0, 0.1) is 10.8 Å². The molecule has 1 aliphatic rings. The second-order valence-electron chi connectivity index (χ2n) is 11.4. The van der Waals surface area contributed by atoms with Gasteiger partial charge in [0.2, 0.25) is 0 Å². The molecule has 9 heteroatoms. The molecule has 33 heavy (non-hydrogen) atoms. The van der Waals surface area contributed by atoms with E-state index in [1.165, 1.54) is 17.8 Å². The summed E-state index contributed by atoms with van der Waals surface area (Å²) in [6, 6.07) is 1.22. The van der Waals surface area contributed by atoms with Gasteiger partial charge in [0.1, 0.15) is 0 Å². The van der Waals surface area contributed by atoms with Gasteiger partial charge < -0.3 is 20.1 Å². The summed E-state index contributed by atoms with van der Waals surface area (Å²) in [5.74, 6) is 0.376. The number of hydrogen-bond donors (Lipinski definition) is 2. The second-order valence-corrected chi connectivity index (χ2v) is 18.1. The number of ether oxygens (including phenoxy) is 2. The molecular formula is C24H44N2O5SSi. The van der Waals surface area contributed by atoms with Crippen molar-refractivity contribution in [2.45, 2.75) is 84.6 Å². The monoisotopic (exact) mass is 500 g/mol. The van der Waals surface area contributed by atoms with Gasteiger partial charge in [-0.2, -0.15) is 0 Å². The van der Waals surface area contributed by atoms with E-state index in [1.807, 2.05) is 0 Å². The minimum absolute atomic E-state index is 0.0221. The maximum Gasteiger partial charge on any atom is 0.407 e. The summed E-state index contributed by atoms with van der Waals surface area (Å²) in [5, 5.41) is 6.13. The standard InChI is InChI=1S/C24H44N2O5SSi/c1-8-20(27)30-11-9-12-31-21(28)26-19-15-23(2,3)17-24(4,16-19)18-25-22(29)32-13-10-14-33(5,6)7/h8,19H,1,9-18H2,2-7H3,(H,25,29)(H,26,28). The van der Waals surface area contributed by atoms with Gasteiger partial charge in [-0.3, -0.25) is 4.79 Å². The molecule has 0 spiro atoms. The van der Waals surface area contributed by atoms with Crippen LogP contribution in [0.15, 0.2) is 12.7 Å². The van der Waals surface area contributed by atoms with Gasteiger partial charge in [0.25, 0.3) is 5.24 Å². The molecular weight excluding hydrogens is 456 g/mol. The minimum Gasteiger partial charge on any atom is -0.462 e. The third-order valence-electron chi connectivity index (χ3n) is 5.66. The topological polar surface area (TPSA) is 93.7 Å². The Labute approximate surface area is 205 Å². The number of amides is 2. The van der Waals surface area contributed by atoms with Crippen LogP contribution in [0.3, 0.4) is 0 Å². The van der Waals surface area contributed by atoms with Crippen LogP contribution in [-0.4, -0.2) is 56.9 Å². The van der Waals surface area contributed by atoms with E-state index in [2.05, 4.69) is 57.6 Å². The summed E-state index contributed by atoms with van der Waals surface area (Å²) >= 11 is 1.38. The lowest BCUT2D eigenvalue weighted by Gasteiger charge is -2.46. The van der Waals surface area contributed by atoms with Gasteiger partial charge >= 0.3 is 12.1 Å². The number of alkyl carbamates (subject to hydrolysis) is 1. The van der Waals surface area contributed by atoms with E-state index in [-0.39, 0.29) is 35.3 Å². The van der Waals surface area contributed by atoms with Crippen molar-refractivity contribution in [3.05, 3.63) is 12.7 Å². The summed E-state index contributed by atoms with van der Waals surface area (Å²) in [6.07, 6.45) is 4.77. The molecule has 7 nitrogen and oxygen atoms in total. The van der Waals surface area contributed by atoms with Crippen LogP contribution in [0.25, 0.3) is 0 Å². The van der Waals surface area contributed by atoms with Crippen LogP contribution < -0.4 is 10.6 Å². The van der Waals surface area contributed by atoms with E-state index in [0.717, 1.165) is 37.5 Å². The fraction of sp³-hybridized carbons (Fsp3) is 0.792. The summed E-state index contributed by atoms with van der Waals surface area (Å²) < 4.78 is 10.1. The normalized spacial score (nSPS) is 22.2. The van der Waals surface area contributed by atoms with Crippen molar-refractivity contribution in [1.29, 1.82) is 0 Å². The molecule has 1 rings (SSSR count). The number of carbonyl (C=O) groups is 3. The zero-order chi connectivity index (χ0) is 25.1. The predicted molar refractivity (Wildman–Crippen MR) is 138 cm³/mol. The van der Waals surface area contributed by atoms with Crippen molar-refractivity contribution in [2.75, 3.05) is 25.5 Å². The van der Waals surface area contributed by atoms with Crippen LogP contribution >= 0.6 is 11.8 Å². The van der Waals surface area contributed by atoms with Gasteiger partial charge in [0, 0.05) is 38.9 Å². The zero-order valence-electron chi connectivity index (χ0n) is 21.4. The van der Waals surface area contributed by atoms with E-state index >= 15 is 0 Å². The molecule has 0 aliphatic heterocycles. The average molecular weight is 501 g/mol. The summed E-state index contributed by atoms with van der Waals surface area (Å²) in [5.41, 5.74) is -0.0633. The van der Waals surface area contributed by atoms with E-state index in [1.54, 1.807) is 0 Å². The van der Waals surface area contributed by atoms with Gasteiger partial charge in [-0.05, 0) is 36.5 Å². The van der Waals surface area contributed by atoms with Crippen LogP contribution in [0.4, 0.5) is 9.59 Å². The quantitative estimate of drug-likeness (QED) is 0.157. The van der Waals surface area contributed by atoms with E-state index in [9.17, 15) is 14.4 Å². The number of nitrogens with one attached hydrogen (secondary N) is 2. The molecule has 0 aromatic heterocycles. The Kier molecular flexibility index (Phi) is 12.0. The second kappa shape index (κ2) is 13.4. The fourth-order valence-electron chi connectivity index (χ4n) is 4.64. The third kappa shape index (κ3) is 13.7. The lowest BCUT2D eigenvalue weighted by Crippen LogP contribution is -2.50. The molecule has 0 bridgehead atoms. The number of carbonyl (C=O) groups excluding carboxylic acids is 3. The SMILES string of the molecule is C=CC(=O)OCCCOC(=O)NC1CC(C)(C)CC(C)(CNC(=O)SCCC[Si](C)(C)C)C1. The van der Waals surface area contributed by atoms with Crippen molar-refractivity contribution < 1.29 is 23.9 Å². The fourth-order valence-corrected chi connectivity index (χ4v) is 6.78. The zero-order valence-corrected chi connectivity index (χ0v) is 23.2. The Morgan fingerprint density at radius 3 is 2.39 bits per heavy atom. The smallest absolute Gasteiger partial charge is 0.407 e. The molecule has 190 valence electrons. The van der Waals surface area contributed by atoms with Gasteiger partial charge in [0.15, 0.2) is 0 Å². The van der Waals surface area contributed by atoms with Gasteiger partial charge in [-0.25, -0.2) is 9.59 Å². The first-order valence-corrected chi connectivity index (χ1v) is 16.6. The van der Waals surface area contributed by atoms with E-state index in [4.69, 9.17) is 9.47 Å². The molecule has 0 heterocycles. The molecule has 1 fully saturated rings. The first kappa shape index (κ1) is 29.5. The Bertz CT molecular complexity index is 680. The highest BCUT2D eigenvalue weighted by molar-refractivity contribution is 8.13. The number of thioether (sulfide) groups is 1. The van der Waals surface area contributed by atoms with Crippen molar-refractivity contribution in [1.82, 2.24) is 10.6 Å². The van der Waals surface area contributed by atoms with Crippen LogP contribution in [-0.2, 0) is 14.3 Å². The summed E-state index contributed by atoms with van der Waals surface area (Å²) in [7, 11) is -1.06. The lowest BCUT2D eigenvalue weighted by atomic mass is 9.62. The van der Waals surface area contributed by atoms with Gasteiger partial charge in [-0.1, -0.05) is 64.8 Å². The van der Waals surface area contributed by atoms with E-state index < -0.39 is 20.1 Å². The number of hydrogen-bond acceptors (Lipinski definition) is 6. The first-order chi connectivity index (χ1) is 15.2. The molecule has 0 saturated heterocycles. The molecule has 0 aromatic rings. The minimum atomic E-state index is -1.06.